The van der Waals surface area contributed by atoms with Gasteiger partial charge in [-0.05, 0) is 19.1 Å². The third-order valence-electron chi connectivity index (χ3n) is 2.48. The van der Waals surface area contributed by atoms with E-state index in [1.807, 2.05) is 29.7 Å². The van der Waals surface area contributed by atoms with Crippen LogP contribution in [0.2, 0.25) is 0 Å². The molecule has 0 bridgehead atoms. The number of terminal acetylenes is 1. The van der Waals surface area contributed by atoms with Gasteiger partial charge in [-0.25, -0.2) is 4.98 Å². The topological polar surface area (TPSA) is 27.1 Å². The van der Waals surface area contributed by atoms with Crippen LogP contribution in [-0.2, 0) is 12.4 Å². The summed E-state index contributed by atoms with van der Waals surface area (Å²) in [5.41, 5.74) is 1.85. The summed E-state index contributed by atoms with van der Waals surface area (Å²) in [6, 6.07) is 5.78. The molecule has 3 nitrogen and oxygen atoms in total. The molecule has 0 spiro atoms. The second kappa shape index (κ2) is 5.11. The maximum absolute atomic E-state index is 5.86. The number of halogens is 1. The van der Waals surface area contributed by atoms with E-state index >= 15 is 0 Å². The summed E-state index contributed by atoms with van der Waals surface area (Å²) in [5, 5.41) is 0. The van der Waals surface area contributed by atoms with Crippen molar-refractivity contribution in [3.63, 3.8) is 0 Å². The monoisotopic (exact) mass is 248 g/mol. The molecule has 0 N–H and O–H groups in total. The van der Waals surface area contributed by atoms with Gasteiger partial charge in [0.2, 0.25) is 0 Å². The summed E-state index contributed by atoms with van der Waals surface area (Å²) >= 11 is 5.86. The van der Waals surface area contributed by atoms with Gasteiger partial charge in [0, 0.05) is 6.07 Å². The first-order chi connectivity index (χ1) is 8.30. The Labute approximate surface area is 105 Å². The van der Waals surface area contributed by atoms with Crippen molar-refractivity contribution in [2.45, 2.75) is 19.3 Å². The second-order valence-electron chi connectivity index (χ2n) is 3.54. The quantitative estimate of drug-likeness (QED) is 0.615. The normalized spacial score (nSPS) is 10.4. The molecule has 4 heteroatoms. The van der Waals surface area contributed by atoms with Crippen molar-refractivity contribution >= 4 is 22.6 Å². The van der Waals surface area contributed by atoms with Crippen molar-refractivity contribution in [2.24, 2.45) is 0 Å². The lowest BCUT2D eigenvalue weighted by Crippen LogP contribution is -2.00. The molecule has 0 radical (unpaired) electrons. The van der Waals surface area contributed by atoms with E-state index in [1.165, 1.54) is 0 Å². The fourth-order valence-electron chi connectivity index (χ4n) is 1.79. The lowest BCUT2D eigenvalue weighted by molar-refractivity contribution is 0.340. The molecule has 0 aliphatic carbocycles. The molecule has 1 heterocycles. The Hall–Kier alpha value is -1.66. The number of rotatable bonds is 4. The first-order valence-corrected chi connectivity index (χ1v) is 5.95. The number of hydrogen-bond acceptors (Lipinski definition) is 2. The van der Waals surface area contributed by atoms with E-state index in [4.69, 9.17) is 22.8 Å². The number of hydrogen-bond donors (Lipinski definition) is 0. The minimum absolute atomic E-state index is 0.348. The Bertz CT molecular complexity index is 569. The third-order valence-corrected chi connectivity index (χ3v) is 2.72. The fourth-order valence-corrected chi connectivity index (χ4v) is 1.99. The highest BCUT2D eigenvalue weighted by atomic mass is 35.5. The van der Waals surface area contributed by atoms with Crippen LogP contribution in [0.15, 0.2) is 18.2 Å². The van der Waals surface area contributed by atoms with E-state index in [1.54, 1.807) is 0 Å². The molecule has 2 rings (SSSR count). The predicted molar refractivity (Wildman–Crippen MR) is 69.3 cm³/mol. The maximum atomic E-state index is 5.86. The van der Waals surface area contributed by atoms with Gasteiger partial charge in [0.05, 0.1) is 30.1 Å². The van der Waals surface area contributed by atoms with E-state index < -0.39 is 0 Å². The van der Waals surface area contributed by atoms with Gasteiger partial charge in [0.15, 0.2) is 0 Å². The molecule has 0 aliphatic heterocycles. The van der Waals surface area contributed by atoms with Gasteiger partial charge in [0.25, 0.3) is 0 Å². The van der Waals surface area contributed by atoms with Crippen LogP contribution < -0.4 is 4.74 Å². The lowest BCUT2D eigenvalue weighted by atomic mass is 10.3. The molecule has 0 saturated carbocycles. The number of aromatic nitrogens is 2. The minimum Gasteiger partial charge on any atom is -0.494 e. The van der Waals surface area contributed by atoms with Crippen molar-refractivity contribution in [3.05, 3.63) is 24.0 Å². The third kappa shape index (κ3) is 2.22. The molecule has 0 amide bonds. The molecule has 17 heavy (non-hydrogen) atoms. The van der Waals surface area contributed by atoms with Gasteiger partial charge in [-0.1, -0.05) is 5.92 Å². The zero-order chi connectivity index (χ0) is 12.3. The van der Waals surface area contributed by atoms with Crippen LogP contribution in [0.5, 0.6) is 5.75 Å². The molecule has 2 aromatic rings. The number of alkyl halides is 1. The van der Waals surface area contributed by atoms with E-state index in [-0.39, 0.29) is 0 Å². The van der Waals surface area contributed by atoms with Crippen molar-refractivity contribution < 1.29 is 4.74 Å². The molecule has 1 aromatic carbocycles. The summed E-state index contributed by atoms with van der Waals surface area (Å²) in [4.78, 5) is 4.45. The van der Waals surface area contributed by atoms with Crippen LogP contribution in [0, 0.1) is 12.3 Å². The fraction of sp³-hybridized carbons (Fsp3) is 0.308. The molecular formula is C13H13ClN2O. The van der Waals surface area contributed by atoms with Gasteiger partial charge in [-0.3, -0.25) is 0 Å². The van der Waals surface area contributed by atoms with Crippen molar-refractivity contribution in [3.8, 4) is 18.1 Å². The highest BCUT2D eigenvalue weighted by Crippen LogP contribution is 2.22. The summed E-state index contributed by atoms with van der Waals surface area (Å²) in [6.45, 7) is 3.07. The van der Waals surface area contributed by atoms with E-state index in [0.717, 1.165) is 22.6 Å². The molecule has 0 saturated heterocycles. The zero-order valence-corrected chi connectivity index (χ0v) is 10.4. The van der Waals surface area contributed by atoms with Gasteiger partial charge < -0.3 is 9.30 Å². The number of benzene rings is 1. The highest BCUT2D eigenvalue weighted by Gasteiger charge is 2.09. The van der Waals surface area contributed by atoms with Crippen LogP contribution in [0.4, 0.5) is 0 Å². The van der Waals surface area contributed by atoms with E-state index in [9.17, 15) is 0 Å². The van der Waals surface area contributed by atoms with E-state index in [2.05, 4.69) is 10.9 Å². The van der Waals surface area contributed by atoms with Crippen molar-refractivity contribution in [2.75, 3.05) is 6.61 Å². The standard InChI is InChI=1S/C13H13ClN2O/c1-3-7-16-12-6-5-10(17-4-2)8-11(12)15-13(16)9-14/h1,5-6,8H,4,7,9H2,2H3. The van der Waals surface area contributed by atoms with Gasteiger partial charge in [0.1, 0.15) is 11.6 Å². The number of imidazole rings is 1. The van der Waals surface area contributed by atoms with Crippen LogP contribution in [0.25, 0.3) is 11.0 Å². The van der Waals surface area contributed by atoms with Crippen molar-refractivity contribution in [1.29, 1.82) is 0 Å². The summed E-state index contributed by atoms with van der Waals surface area (Å²) in [6.07, 6.45) is 5.35. The Morgan fingerprint density at radius 3 is 3.00 bits per heavy atom. The molecule has 88 valence electrons. The number of nitrogens with zero attached hydrogens (tertiary/aromatic N) is 2. The summed E-state index contributed by atoms with van der Waals surface area (Å²) in [7, 11) is 0. The Morgan fingerprint density at radius 1 is 1.53 bits per heavy atom. The van der Waals surface area contributed by atoms with E-state index in [0.29, 0.717) is 19.0 Å². The Kier molecular flexibility index (Phi) is 3.55. The molecule has 0 aliphatic rings. The van der Waals surface area contributed by atoms with Crippen LogP contribution in [0.1, 0.15) is 12.7 Å². The number of fused-ring (bicyclic) bond motifs is 1. The average Bonchev–Trinajstić information content (AvgIpc) is 2.68. The van der Waals surface area contributed by atoms with Crippen LogP contribution in [0.3, 0.4) is 0 Å². The number of ether oxygens (including phenoxy) is 1. The molecule has 1 aromatic heterocycles. The summed E-state index contributed by atoms with van der Waals surface area (Å²) < 4.78 is 7.38. The smallest absolute Gasteiger partial charge is 0.125 e. The predicted octanol–water partition coefficient (Wildman–Crippen LogP) is 2.81. The van der Waals surface area contributed by atoms with Gasteiger partial charge in [-0.2, -0.15) is 0 Å². The Balaban J connectivity index is 2.54. The van der Waals surface area contributed by atoms with Crippen LogP contribution >= 0.6 is 11.6 Å². The minimum atomic E-state index is 0.348. The van der Waals surface area contributed by atoms with Crippen molar-refractivity contribution in [1.82, 2.24) is 9.55 Å². The average molecular weight is 249 g/mol. The maximum Gasteiger partial charge on any atom is 0.125 e. The Morgan fingerprint density at radius 2 is 2.35 bits per heavy atom. The SMILES string of the molecule is C#CCn1c(CCl)nc2cc(OCC)ccc21. The zero-order valence-electron chi connectivity index (χ0n) is 9.61. The highest BCUT2D eigenvalue weighted by molar-refractivity contribution is 6.16. The molecular weight excluding hydrogens is 236 g/mol. The molecule has 0 fully saturated rings. The largest absolute Gasteiger partial charge is 0.494 e. The molecule has 0 atom stereocenters. The van der Waals surface area contributed by atoms with Gasteiger partial charge in [-0.15, -0.1) is 18.0 Å². The summed E-state index contributed by atoms with van der Waals surface area (Å²) in [5.74, 6) is 4.55. The first-order valence-electron chi connectivity index (χ1n) is 5.41. The lowest BCUT2D eigenvalue weighted by Gasteiger charge is -2.04. The first kappa shape index (κ1) is 11.8. The van der Waals surface area contributed by atoms with Crippen LogP contribution in [-0.4, -0.2) is 16.2 Å². The van der Waals surface area contributed by atoms with Gasteiger partial charge >= 0.3 is 0 Å². The molecule has 0 unspecified atom stereocenters. The second-order valence-corrected chi connectivity index (χ2v) is 3.80.